The Bertz CT molecular complexity index is 1490. The molecule has 0 aliphatic rings. The van der Waals surface area contributed by atoms with Crippen molar-refractivity contribution in [3.8, 4) is 22.8 Å². The Hall–Kier alpha value is -4.78. The van der Waals surface area contributed by atoms with Gasteiger partial charge in [0, 0.05) is 42.3 Å². The average Bonchev–Trinajstić information content (AvgIpc) is 2.95. The fourth-order valence-electron chi connectivity index (χ4n) is 3.89. The number of benzene rings is 2. The second-order valence-corrected chi connectivity index (χ2v) is 8.12. The maximum atomic E-state index is 13.3. The van der Waals surface area contributed by atoms with Crippen molar-refractivity contribution in [3.05, 3.63) is 114 Å². The fourth-order valence-corrected chi connectivity index (χ4v) is 3.89. The molecule has 0 spiro atoms. The van der Waals surface area contributed by atoms with Crippen molar-refractivity contribution < 1.29 is 14.3 Å². The molecule has 7 heteroatoms. The van der Waals surface area contributed by atoms with Gasteiger partial charge in [-0.1, -0.05) is 24.3 Å². The van der Waals surface area contributed by atoms with E-state index in [1.807, 2.05) is 72.8 Å². The molecule has 0 bridgehead atoms. The number of nitrogens with one attached hydrogen (secondary N) is 1. The molecular weight excluding hydrogens is 452 g/mol. The van der Waals surface area contributed by atoms with Crippen LogP contribution < -0.4 is 14.8 Å². The monoisotopic (exact) mass is 476 g/mol. The SMILES string of the molecule is COc1cc(CNC(=O)c2cc(-c3ccncc3)nc3ccccc23)ccc1OCc1ccncc1. The largest absolute Gasteiger partial charge is 0.493 e. The molecule has 0 radical (unpaired) electrons. The summed E-state index contributed by atoms with van der Waals surface area (Å²) >= 11 is 0. The predicted molar refractivity (Wildman–Crippen MR) is 138 cm³/mol. The van der Waals surface area contributed by atoms with Gasteiger partial charge in [-0.05, 0) is 59.7 Å². The van der Waals surface area contributed by atoms with E-state index in [4.69, 9.17) is 14.5 Å². The average molecular weight is 477 g/mol. The Morgan fingerprint density at radius 3 is 2.36 bits per heavy atom. The highest BCUT2D eigenvalue weighted by Gasteiger charge is 2.14. The van der Waals surface area contributed by atoms with Crippen LogP contribution in [0.2, 0.25) is 0 Å². The van der Waals surface area contributed by atoms with Gasteiger partial charge in [0.05, 0.1) is 23.9 Å². The van der Waals surface area contributed by atoms with E-state index in [9.17, 15) is 4.79 Å². The summed E-state index contributed by atoms with van der Waals surface area (Å²) in [5.41, 5.74) is 4.85. The Labute approximate surface area is 208 Å². The van der Waals surface area contributed by atoms with Crippen molar-refractivity contribution in [3.63, 3.8) is 0 Å². The molecule has 3 aromatic heterocycles. The van der Waals surface area contributed by atoms with Crippen LogP contribution in [0.15, 0.2) is 97.6 Å². The Balaban J connectivity index is 1.34. The van der Waals surface area contributed by atoms with E-state index < -0.39 is 0 Å². The minimum atomic E-state index is -0.180. The van der Waals surface area contributed by atoms with Crippen LogP contribution in [-0.2, 0) is 13.2 Å². The third-order valence-electron chi connectivity index (χ3n) is 5.76. The molecule has 0 aliphatic carbocycles. The summed E-state index contributed by atoms with van der Waals surface area (Å²) in [4.78, 5) is 26.1. The number of carbonyl (C=O) groups is 1. The van der Waals surface area contributed by atoms with E-state index in [-0.39, 0.29) is 5.91 Å². The number of methoxy groups -OCH3 is 1. The molecule has 5 rings (SSSR count). The molecule has 0 unspecified atom stereocenters. The molecule has 2 aromatic carbocycles. The number of hydrogen-bond acceptors (Lipinski definition) is 6. The van der Waals surface area contributed by atoms with E-state index in [0.717, 1.165) is 33.3 Å². The van der Waals surface area contributed by atoms with Gasteiger partial charge in [-0.25, -0.2) is 4.98 Å². The van der Waals surface area contributed by atoms with Gasteiger partial charge in [0.15, 0.2) is 11.5 Å². The molecule has 178 valence electrons. The van der Waals surface area contributed by atoms with Crippen molar-refractivity contribution in [1.29, 1.82) is 0 Å². The zero-order valence-corrected chi connectivity index (χ0v) is 19.7. The normalized spacial score (nSPS) is 10.7. The standard InChI is InChI=1S/C29H24N4O3/c1-35-28-16-21(6-7-27(28)36-19-20-8-12-30-13-9-20)18-32-29(34)24-17-26(22-10-14-31-15-11-22)33-25-5-3-2-4-23(24)25/h2-17H,18-19H2,1H3,(H,32,34). The van der Waals surface area contributed by atoms with Gasteiger partial charge in [-0.2, -0.15) is 0 Å². The van der Waals surface area contributed by atoms with Crippen LogP contribution in [0.5, 0.6) is 11.5 Å². The van der Waals surface area contributed by atoms with Crippen molar-refractivity contribution >= 4 is 16.8 Å². The first-order valence-corrected chi connectivity index (χ1v) is 11.5. The van der Waals surface area contributed by atoms with Gasteiger partial charge in [0.1, 0.15) is 6.61 Å². The number of hydrogen-bond donors (Lipinski definition) is 1. The zero-order valence-electron chi connectivity index (χ0n) is 19.7. The van der Waals surface area contributed by atoms with Gasteiger partial charge < -0.3 is 14.8 Å². The summed E-state index contributed by atoms with van der Waals surface area (Å²) in [6.07, 6.45) is 6.88. The topological polar surface area (TPSA) is 86.2 Å². The van der Waals surface area contributed by atoms with E-state index in [1.54, 1.807) is 31.9 Å². The lowest BCUT2D eigenvalue weighted by atomic mass is 10.0. The van der Waals surface area contributed by atoms with Gasteiger partial charge in [0.25, 0.3) is 5.91 Å². The van der Waals surface area contributed by atoms with Crippen molar-refractivity contribution in [2.75, 3.05) is 7.11 Å². The Morgan fingerprint density at radius 2 is 1.58 bits per heavy atom. The molecule has 1 amide bonds. The molecule has 0 aliphatic heterocycles. The highest BCUT2D eigenvalue weighted by atomic mass is 16.5. The van der Waals surface area contributed by atoms with E-state index >= 15 is 0 Å². The number of ether oxygens (including phenoxy) is 2. The minimum Gasteiger partial charge on any atom is -0.493 e. The summed E-state index contributed by atoms with van der Waals surface area (Å²) < 4.78 is 11.4. The minimum absolute atomic E-state index is 0.180. The lowest BCUT2D eigenvalue weighted by Crippen LogP contribution is -2.23. The van der Waals surface area contributed by atoms with Gasteiger partial charge in [-0.15, -0.1) is 0 Å². The lowest BCUT2D eigenvalue weighted by molar-refractivity contribution is 0.0952. The molecule has 0 saturated carbocycles. The van der Waals surface area contributed by atoms with Crippen LogP contribution in [0.4, 0.5) is 0 Å². The quantitative estimate of drug-likeness (QED) is 0.331. The second-order valence-electron chi connectivity index (χ2n) is 8.12. The third kappa shape index (κ3) is 5.15. The van der Waals surface area contributed by atoms with Crippen LogP contribution in [-0.4, -0.2) is 28.0 Å². The molecule has 0 fully saturated rings. The number of aromatic nitrogens is 3. The van der Waals surface area contributed by atoms with Crippen LogP contribution in [0.3, 0.4) is 0 Å². The van der Waals surface area contributed by atoms with Gasteiger partial charge >= 0.3 is 0 Å². The predicted octanol–water partition coefficient (Wildman–Crippen LogP) is 5.21. The number of pyridine rings is 3. The molecule has 0 saturated heterocycles. The number of rotatable bonds is 8. The molecule has 1 N–H and O–H groups in total. The van der Waals surface area contributed by atoms with Gasteiger partial charge in [0.2, 0.25) is 0 Å². The number of amides is 1. The van der Waals surface area contributed by atoms with Crippen LogP contribution in [0.25, 0.3) is 22.2 Å². The molecule has 5 aromatic rings. The first-order chi connectivity index (χ1) is 17.7. The number of carbonyl (C=O) groups excluding carboxylic acids is 1. The molecular formula is C29H24N4O3. The maximum absolute atomic E-state index is 13.3. The Morgan fingerprint density at radius 1 is 0.833 bits per heavy atom. The highest BCUT2D eigenvalue weighted by Crippen LogP contribution is 2.29. The summed E-state index contributed by atoms with van der Waals surface area (Å²) in [7, 11) is 1.60. The summed E-state index contributed by atoms with van der Waals surface area (Å²) in [5.74, 6) is 1.05. The van der Waals surface area contributed by atoms with E-state index in [2.05, 4.69) is 15.3 Å². The second kappa shape index (κ2) is 10.7. The fraction of sp³-hybridized carbons (Fsp3) is 0.103. The number of nitrogens with zero attached hydrogens (tertiary/aromatic N) is 3. The molecule has 36 heavy (non-hydrogen) atoms. The van der Waals surface area contributed by atoms with E-state index in [1.165, 1.54) is 0 Å². The Kier molecular flexibility index (Phi) is 6.80. The number of fused-ring (bicyclic) bond motifs is 1. The first kappa shape index (κ1) is 23.0. The summed E-state index contributed by atoms with van der Waals surface area (Å²) in [5, 5.41) is 3.83. The van der Waals surface area contributed by atoms with Crippen molar-refractivity contribution in [1.82, 2.24) is 20.3 Å². The smallest absolute Gasteiger partial charge is 0.252 e. The molecule has 7 nitrogen and oxygen atoms in total. The van der Waals surface area contributed by atoms with Crippen molar-refractivity contribution in [2.24, 2.45) is 0 Å². The van der Waals surface area contributed by atoms with Crippen LogP contribution in [0, 0.1) is 0 Å². The first-order valence-electron chi connectivity index (χ1n) is 11.5. The molecule has 0 atom stereocenters. The van der Waals surface area contributed by atoms with E-state index in [0.29, 0.717) is 30.2 Å². The number of para-hydroxylation sites is 1. The third-order valence-corrected chi connectivity index (χ3v) is 5.76. The zero-order chi connectivity index (χ0) is 24.7. The van der Waals surface area contributed by atoms with Crippen molar-refractivity contribution in [2.45, 2.75) is 13.2 Å². The lowest BCUT2D eigenvalue weighted by Gasteiger charge is -2.13. The van der Waals surface area contributed by atoms with Gasteiger partial charge in [-0.3, -0.25) is 14.8 Å². The van der Waals surface area contributed by atoms with Crippen LogP contribution >= 0.6 is 0 Å². The highest BCUT2D eigenvalue weighted by molar-refractivity contribution is 6.07. The summed E-state index contributed by atoms with van der Waals surface area (Å²) in [6.45, 7) is 0.741. The van der Waals surface area contributed by atoms with Crippen LogP contribution in [0.1, 0.15) is 21.5 Å². The maximum Gasteiger partial charge on any atom is 0.252 e. The summed E-state index contributed by atoms with van der Waals surface area (Å²) in [6, 6.07) is 22.7. The molecule has 3 heterocycles.